The van der Waals surface area contributed by atoms with Crippen molar-refractivity contribution < 1.29 is 39.3 Å². The molecule has 0 spiro atoms. The average Bonchev–Trinajstić information content (AvgIpc) is 3.35. The standard InChI is InChI=1S/C29H45N7O8/c1-21(29(43)44)33(4)26(40)10-11-34(13-15-37)28(42)20-35(14-16-38)27(41)18-31-25(39)9-12-36-23(19-32(3)30-2)17-22-7-5-6-8-24(22)36/h5-8,17,21,30,37-38H,9-16,18-20H2,1-4H3,(H,31,39)(H,43,44). The fraction of sp³-hybridized carbons (Fsp3) is 0.552. The van der Waals surface area contributed by atoms with Crippen LogP contribution >= 0.6 is 0 Å². The van der Waals surface area contributed by atoms with Crippen LogP contribution in [-0.2, 0) is 37.1 Å². The predicted octanol–water partition coefficient (Wildman–Crippen LogP) is -1.32. The van der Waals surface area contributed by atoms with Crippen molar-refractivity contribution >= 4 is 40.5 Å². The van der Waals surface area contributed by atoms with Crippen molar-refractivity contribution in [2.24, 2.45) is 0 Å². The Labute approximate surface area is 256 Å². The molecule has 15 nitrogen and oxygen atoms in total. The molecular weight excluding hydrogens is 574 g/mol. The summed E-state index contributed by atoms with van der Waals surface area (Å²) in [5.41, 5.74) is 5.06. The molecule has 0 aliphatic rings. The molecule has 1 atom stereocenters. The SMILES string of the molecule is CNN(C)Cc1cc2ccccc2n1CCC(=O)NCC(=O)N(CCO)CC(=O)N(CCO)CCC(=O)N(C)C(C)C(=O)O. The number of amides is 4. The van der Waals surface area contributed by atoms with E-state index in [1.165, 1.54) is 18.9 Å². The van der Waals surface area contributed by atoms with Crippen LogP contribution in [-0.4, -0.2) is 142 Å². The van der Waals surface area contributed by atoms with Crippen molar-refractivity contribution in [3.63, 3.8) is 0 Å². The van der Waals surface area contributed by atoms with Gasteiger partial charge in [-0.1, -0.05) is 18.2 Å². The normalized spacial score (nSPS) is 11.8. The highest BCUT2D eigenvalue weighted by Crippen LogP contribution is 2.21. The van der Waals surface area contributed by atoms with Crippen LogP contribution in [0.5, 0.6) is 0 Å². The molecule has 1 heterocycles. The van der Waals surface area contributed by atoms with Crippen molar-refractivity contribution in [3.05, 3.63) is 36.0 Å². The first kappa shape index (κ1) is 36.1. The molecule has 0 fully saturated rings. The van der Waals surface area contributed by atoms with E-state index >= 15 is 0 Å². The third-order valence-electron chi connectivity index (χ3n) is 7.38. The Morgan fingerprint density at radius 3 is 2.20 bits per heavy atom. The van der Waals surface area contributed by atoms with Crippen LogP contribution < -0.4 is 10.7 Å². The second-order valence-corrected chi connectivity index (χ2v) is 10.4. The summed E-state index contributed by atoms with van der Waals surface area (Å²) in [7, 11) is 5.07. The number of benzene rings is 1. The van der Waals surface area contributed by atoms with Gasteiger partial charge in [-0.3, -0.25) is 24.6 Å². The Bertz CT molecular complexity index is 1280. The van der Waals surface area contributed by atoms with Crippen LogP contribution in [0.3, 0.4) is 0 Å². The first-order valence-electron chi connectivity index (χ1n) is 14.4. The fourth-order valence-corrected chi connectivity index (χ4v) is 4.52. The van der Waals surface area contributed by atoms with Gasteiger partial charge in [-0.25, -0.2) is 9.80 Å². The maximum Gasteiger partial charge on any atom is 0.326 e. The van der Waals surface area contributed by atoms with E-state index in [0.29, 0.717) is 13.1 Å². The summed E-state index contributed by atoms with van der Waals surface area (Å²) in [5.74, 6) is -3.20. The van der Waals surface area contributed by atoms with E-state index in [1.54, 1.807) is 0 Å². The topological polar surface area (TPSA) is 188 Å². The Hall–Kier alpha value is -4.05. The summed E-state index contributed by atoms with van der Waals surface area (Å²) in [4.78, 5) is 65.5. The number of carbonyl (C=O) groups is 5. The smallest absolute Gasteiger partial charge is 0.326 e. The summed E-state index contributed by atoms with van der Waals surface area (Å²) in [6.07, 6.45) is -0.0814. The zero-order chi connectivity index (χ0) is 32.8. The number of hydrogen-bond acceptors (Lipinski definition) is 9. The molecule has 4 amide bonds. The van der Waals surface area contributed by atoms with Gasteiger partial charge in [-0.05, 0) is 31.5 Å². The second kappa shape index (κ2) is 17.9. The van der Waals surface area contributed by atoms with Crippen LogP contribution in [0.15, 0.2) is 30.3 Å². The zero-order valence-corrected chi connectivity index (χ0v) is 25.9. The number of aliphatic hydroxyl groups is 2. The predicted molar refractivity (Wildman–Crippen MR) is 162 cm³/mol. The van der Waals surface area contributed by atoms with Gasteiger partial charge < -0.3 is 39.9 Å². The number of carboxylic acid groups (broad SMARTS) is 1. The van der Waals surface area contributed by atoms with E-state index in [0.717, 1.165) is 26.4 Å². The molecule has 44 heavy (non-hydrogen) atoms. The van der Waals surface area contributed by atoms with E-state index in [-0.39, 0.29) is 44.9 Å². The number of hydrazine groups is 1. The highest BCUT2D eigenvalue weighted by Gasteiger charge is 2.25. The molecule has 1 aromatic carbocycles. The van der Waals surface area contributed by atoms with E-state index in [4.69, 9.17) is 5.11 Å². The third kappa shape index (κ3) is 10.6. The Morgan fingerprint density at radius 1 is 0.909 bits per heavy atom. The van der Waals surface area contributed by atoms with Crippen LogP contribution in [0.4, 0.5) is 0 Å². The number of nitrogens with one attached hydrogen (secondary N) is 2. The molecule has 0 radical (unpaired) electrons. The van der Waals surface area contributed by atoms with Gasteiger partial charge in [0.25, 0.3) is 0 Å². The molecular formula is C29H45N7O8. The molecule has 0 aliphatic carbocycles. The van der Waals surface area contributed by atoms with Crippen molar-refractivity contribution in [2.45, 2.75) is 38.9 Å². The highest BCUT2D eigenvalue weighted by molar-refractivity contribution is 5.89. The average molecular weight is 620 g/mol. The van der Waals surface area contributed by atoms with Gasteiger partial charge in [0.2, 0.25) is 23.6 Å². The van der Waals surface area contributed by atoms with Gasteiger partial charge in [0, 0.05) is 64.3 Å². The zero-order valence-electron chi connectivity index (χ0n) is 25.9. The Morgan fingerprint density at radius 2 is 1.57 bits per heavy atom. The number of rotatable bonds is 19. The minimum absolute atomic E-state index is 0.104. The Balaban J connectivity index is 1.96. The lowest BCUT2D eigenvalue weighted by molar-refractivity contribution is -0.148. The summed E-state index contributed by atoms with van der Waals surface area (Å²) in [6, 6.07) is 8.87. The van der Waals surface area contributed by atoms with Crippen LogP contribution in [0.1, 0.15) is 25.5 Å². The van der Waals surface area contributed by atoms with E-state index in [2.05, 4.69) is 21.4 Å². The molecule has 5 N–H and O–H groups in total. The molecule has 0 bridgehead atoms. The third-order valence-corrected chi connectivity index (χ3v) is 7.38. The van der Waals surface area contributed by atoms with Gasteiger partial charge in [0.15, 0.2) is 0 Å². The summed E-state index contributed by atoms with van der Waals surface area (Å²) in [6.45, 7) is 0.329. The number of aliphatic hydroxyl groups excluding tert-OH is 2. The molecule has 1 unspecified atom stereocenters. The molecule has 2 rings (SSSR count). The van der Waals surface area contributed by atoms with E-state index in [1.807, 2.05) is 43.4 Å². The lowest BCUT2D eigenvalue weighted by atomic mass is 10.2. The maximum atomic E-state index is 13.0. The minimum Gasteiger partial charge on any atom is -0.480 e. The largest absolute Gasteiger partial charge is 0.480 e. The van der Waals surface area contributed by atoms with Gasteiger partial charge >= 0.3 is 5.97 Å². The molecule has 15 heteroatoms. The second-order valence-electron chi connectivity index (χ2n) is 10.4. The van der Waals surface area contributed by atoms with Crippen molar-refractivity contribution in [3.8, 4) is 0 Å². The number of para-hydroxylation sites is 1. The number of hydrogen-bond donors (Lipinski definition) is 5. The number of nitrogens with zero attached hydrogens (tertiary/aromatic N) is 5. The number of aromatic nitrogens is 1. The molecule has 0 saturated carbocycles. The van der Waals surface area contributed by atoms with Gasteiger partial charge in [-0.2, -0.15) is 0 Å². The lowest BCUT2D eigenvalue weighted by Crippen LogP contribution is -2.48. The molecule has 2 aromatic rings. The van der Waals surface area contributed by atoms with E-state index in [9.17, 15) is 34.2 Å². The Kier molecular flexibility index (Phi) is 14.7. The number of carbonyl (C=O) groups excluding carboxylic acids is 4. The molecule has 244 valence electrons. The fourth-order valence-electron chi connectivity index (χ4n) is 4.52. The van der Waals surface area contributed by atoms with Gasteiger partial charge in [0.1, 0.15) is 6.04 Å². The van der Waals surface area contributed by atoms with Crippen LogP contribution in [0.2, 0.25) is 0 Å². The van der Waals surface area contributed by atoms with Crippen LogP contribution in [0.25, 0.3) is 10.9 Å². The van der Waals surface area contributed by atoms with Crippen molar-refractivity contribution in [1.82, 2.24) is 35.0 Å². The van der Waals surface area contributed by atoms with E-state index < -0.39 is 49.5 Å². The van der Waals surface area contributed by atoms with Crippen LogP contribution in [0, 0.1) is 0 Å². The number of aryl methyl sites for hydroxylation is 1. The first-order valence-corrected chi connectivity index (χ1v) is 14.4. The molecule has 1 aromatic heterocycles. The van der Waals surface area contributed by atoms with Crippen molar-refractivity contribution in [1.29, 1.82) is 0 Å². The van der Waals surface area contributed by atoms with Crippen molar-refractivity contribution in [2.75, 3.05) is 67.1 Å². The summed E-state index contributed by atoms with van der Waals surface area (Å²) < 4.78 is 2.06. The minimum atomic E-state index is -1.17. The molecule has 0 saturated heterocycles. The number of aliphatic carboxylic acids is 1. The summed E-state index contributed by atoms with van der Waals surface area (Å²) in [5, 5.41) is 33.6. The number of carboxylic acids is 1. The quantitative estimate of drug-likeness (QED) is 0.118. The first-order chi connectivity index (χ1) is 20.9. The number of likely N-dealkylation sites (N-methyl/N-ethyl adjacent to an activating group) is 1. The highest BCUT2D eigenvalue weighted by atomic mass is 16.4. The monoisotopic (exact) mass is 619 g/mol. The summed E-state index contributed by atoms with van der Waals surface area (Å²) >= 11 is 0. The lowest BCUT2D eigenvalue weighted by Gasteiger charge is -2.28. The maximum absolute atomic E-state index is 13.0. The number of fused-ring (bicyclic) bond motifs is 1. The van der Waals surface area contributed by atoms with Gasteiger partial charge in [0.05, 0.1) is 32.8 Å². The van der Waals surface area contributed by atoms with Gasteiger partial charge in [-0.15, -0.1) is 0 Å². The molecule has 0 aliphatic heterocycles.